The summed E-state index contributed by atoms with van der Waals surface area (Å²) >= 11 is 0. The van der Waals surface area contributed by atoms with Crippen molar-refractivity contribution < 1.29 is 9.84 Å². The van der Waals surface area contributed by atoms with Crippen molar-refractivity contribution in [2.75, 3.05) is 26.4 Å². The van der Waals surface area contributed by atoms with Crippen molar-refractivity contribution in [1.29, 1.82) is 0 Å². The first-order chi connectivity index (χ1) is 6.18. The van der Waals surface area contributed by atoms with Crippen LogP contribution in [-0.2, 0) is 4.74 Å². The van der Waals surface area contributed by atoms with E-state index in [4.69, 9.17) is 9.84 Å². The van der Waals surface area contributed by atoms with Crippen molar-refractivity contribution in [1.82, 2.24) is 5.32 Å². The Morgan fingerprint density at radius 2 is 2.15 bits per heavy atom. The lowest BCUT2D eigenvalue weighted by Crippen LogP contribution is -2.37. The van der Waals surface area contributed by atoms with E-state index in [9.17, 15) is 0 Å². The zero-order valence-electron chi connectivity index (χ0n) is 8.68. The maximum absolute atomic E-state index is 9.00. The third kappa shape index (κ3) is 4.07. The molecule has 0 bridgehead atoms. The molecule has 78 valence electrons. The van der Waals surface area contributed by atoms with E-state index in [1.165, 1.54) is 0 Å². The van der Waals surface area contributed by atoms with Crippen LogP contribution in [0.15, 0.2) is 0 Å². The molecule has 0 aromatic carbocycles. The van der Waals surface area contributed by atoms with Crippen LogP contribution in [0.3, 0.4) is 0 Å². The Bertz CT molecular complexity index is 144. The van der Waals surface area contributed by atoms with E-state index in [2.05, 4.69) is 19.2 Å². The van der Waals surface area contributed by atoms with Crippen molar-refractivity contribution in [3.8, 4) is 0 Å². The third-order valence-electron chi connectivity index (χ3n) is 2.35. The lowest BCUT2D eigenvalue weighted by atomic mass is 10.2. The van der Waals surface area contributed by atoms with Crippen molar-refractivity contribution in [3.05, 3.63) is 0 Å². The maximum Gasteiger partial charge on any atom is 0.0613 e. The number of nitrogens with one attached hydrogen (secondary N) is 1. The fourth-order valence-electron chi connectivity index (χ4n) is 1.25. The van der Waals surface area contributed by atoms with Gasteiger partial charge in [0.05, 0.1) is 13.2 Å². The summed E-state index contributed by atoms with van der Waals surface area (Å²) in [6.07, 6.45) is 2.21. The Hall–Kier alpha value is -0.120. The highest BCUT2D eigenvalue weighted by Crippen LogP contribution is 2.34. The minimum Gasteiger partial charge on any atom is -0.394 e. The van der Waals surface area contributed by atoms with Gasteiger partial charge >= 0.3 is 0 Å². The first kappa shape index (κ1) is 11.0. The lowest BCUT2D eigenvalue weighted by Gasteiger charge is -2.14. The van der Waals surface area contributed by atoms with Crippen LogP contribution in [0.4, 0.5) is 0 Å². The standard InChI is InChI=1S/C10H21NO2/c1-9(2)7-13-6-5-11-10(8-12)3-4-10/h9,11-12H,3-8H2,1-2H3. The SMILES string of the molecule is CC(C)COCCNC1(CO)CC1. The van der Waals surface area contributed by atoms with Crippen LogP contribution < -0.4 is 5.32 Å². The molecule has 1 fully saturated rings. The summed E-state index contributed by atoms with van der Waals surface area (Å²) in [7, 11) is 0. The van der Waals surface area contributed by atoms with Crippen LogP contribution in [0.25, 0.3) is 0 Å². The second kappa shape index (κ2) is 4.94. The van der Waals surface area contributed by atoms with Crippen molar-refractivity contribution in [2.45, 2.75) is 32.2 Å². The van der Waals surface area contributed by atoms with Gasteiger partial charge in [0.15, 0.2) is 0 Å². The van der Waals surface area contributed by atoms with Gasteiger partial charge in [-0.2, -0.15) is 0 Å². The van der Waals surface area contributed by atoms with Crippen LogP contribution in [0, 0.1) is 5.92 Å². The van der Waals surface area contributed by atoms with Crippen LogP contribution in [0.2, 0.25) is 0 Å². The zero-order chi connectivity index (χ0) is 9.73. The summed E-state index contributed by atoms with van der Waals surface area (Å²) in [5, 5.41) is 12.3. The average Bonchev–Trinajstić information content (AvgIpc) is 2.84. The average molecular weight is 187 g/mol. The topological polar surface area (TPSA) is 41.5 Å². The van der Waals surface area contributed by atoms with E-state index in [0.29, 0.717) is 5.92 Å². The fourth-order valence-corrected chi connectivity index (χ4v) is 1.25. The highest BCUT2D eigenvalue weighted by Gasteiger charge is 2.41. The monoisotopic (exact) mass is 187 g/mol. The fraction of sp³-hybridized carbons (Fsp3) is 1.00. The zero-order valence-corrected chi connectivity index (χ0v) is 8.68. The highest BCUT2D eigenvalue weighted by molar-refractivity contribution is 5.01. The molecule has 0 heterocycles. The van der Waals surface area contributed by atoms with Gasteiger partial charge in [-0.25, -0.2) is 0 Å². The third-order valence-corrected chi connectivity index (χ3v) is 2.35. The van der Waals surface area contributed by atoms with Crippen molar-refractivity contribution in [2.24, 2.45) is 5.92 Å². The van der Waals surface area contributed by atoms with Gasteiger partial charge in [0.2, 0.25) is 0 Å². The molecule has 3 heteroatoms. The number of hydrogen-bond donors (Lipinski definition) is 2. The van der Waals surface area contributed by atoms with Crippen LogP contribution in [-0.4, -0.2) is 37.0 Å². The molecule has 0 aromatic heterocycles. The number of rotatable bonds is 7. The quantitative estimate of drug-likeness (QED) is 0.579. The number of aliphatic hydroxyl groups excluding tert-OH is 1. The Kier molecular flexibility index (Phi) is 4.16. The molecule has 0 atom stereocenters. The normalized spacial score (nSPS) is 19.4. The molecule has 0 unspecified atom stereocenters. The Balaban J connectivity index is 1.90. The van der Waals surface area contributed by atoms with Gasteiger partial charge in [-0.05, 0) is 18.8 Å². The van der Waals surface area contributed by atoms with Gasteiger partial charge in [-0.1, -0.05) is 13.8 Å². The maximum atomic E-state index is 9.00. The number of ether oxygens (including phenoxy) is 1. The van der Waals surface area contributed by atoms with E-state index in [-0.39, 0.29) is 12.1 Å². The predicted octanol–water partition coefficient (Wildman–Crippen LogP) is 0.773. The molecule has 1 aliphatic carbocycles. The van der Waals surface area contributed by atoms with E-state index in [0.717, 1.165) is 32.6 Å². The number of aliphatic hydroxyl groups is 1. The summed E-state index contributed by atoms with van der Waals surface area (Å²) in [5.74, 6) is 0.604. The first-order valence-electron chi connectivity index (χ1n) is 5.12. The van der Waals surface area contributed by atoms with Crippen molar-refractivity contribution >= 4 is 0 Å². The molecule has 0 aliphatic heterocycles. The molecule has 3 nitrogen and oxygen atoms in total. The van der Waals surface area contributed by atoms with Gasteiger partial charge in [0.1, 0.15) is 0 Å². The molecular formula is C10H21NO2. The summed E-state index contributed by atoms with van der Waals surface area (Å²) in [6.45, 7) is 6.98. The minimum absolute atomic E-state index is 0.0567. The van der Waals surface area contributed by atoms with Gasteiger partial charge in [0, 0.05) is 18.7 Å². The molecule has 1 saturated carbocycles. The molecule has 0 amide bonds. The number of hydrogen-bond acceptors (Lipinski definition) is 3. The van der Waals surface area contributed by atoms with E-state index in [1.54, 1.807) is 0 Å². The first-order valence-corrected chi connectivity index (χ1v) is 5.12. The molecule has 0 spiro atoms. The Morgan fingerprint density at radius 3 is 2.62 bits per heavy atom. The smallest absolute Gasteiger partial charge is 0.0613 e. The van der Waals surface area contributed by atoms with E-state index >= 15 is 0 Å². The predicted molar refractivity (Wildman–Crippen MR) is 52.7 cm³/mol. The van der Waals surface area contributed by atoms with Crippen molar-refractivity contribution in [3.63, 3.8) is 0 Å². The summed E-state index contributed by atoms with van der Waals surface area (Å²) in [6, 6.07) is 0. The summed E-state index contributed by atoms with van der Waals surface area (Å²) < 4.78 is 5.42. The second-order valence-electron chi connectivity index (χ2n) is 4.33. The van der Waals surface area contributed by atoms with Gasteiger partial charge < -0.3 is 15.2 Å². The molecule has 13 heavy (non-hydrogen) atoms. The molecule has 0 radical (unpaired) electrons. The van der Waals surface area contributed by atoms with Gasteiger partial charge in [-0.15, -0.1) is 0 Å². The van der Waals surface area contributed by atoms with E-state index < -0.39 is 0 Å². The highest BCUT2D eigenvalue weighted by atomic mass is 16.5. The van der Waals surface area contributed by atoms with Crippen LogP contribution in [0.1, 0.15) is 26.7 Å². The molecule has 1 aliphatic rings. The largest absolute Gasteiger partial charge is 0.394 e. The summed E-state index contributed by atoms with van der Waals surface area (Å²) in [5.41, 5.74) is 0.0567. The Morgan fingerprint density at radius 1 is 1.46 bits per heavy atom. The van der Waals surface area contributed by atoms with Crippen LogP contribution in [0.5, 0.6) is 0 Å². The van der Waals surface area contributed by atoms with Crippen LogP contribution >= 0.6 is 0 Å². The molecule has 0 saturated heterocycles. The lowest BCUT2D eigenvalue weighted by molar-refractivity contribution is 0.106. The summed E-state index contributed by atoms with van der Waals surface area (Å²) in [4.78, 5) is 0. The Labute approximate surface area is 80.5 Å². The van der Waals surface area contributed by atoms with E-state index in [1.807, 2.05) is 0 Å². The molecule has 0 aromatic rings. The van der Waals surface area contributed by atoms with Gasteiger partial charge in [-0.3, -0.25) is 0 Å². The van der Waals surface area contributed by atoms with Gasteiger partial charge in [0.25, 0.3) is 0 Å². The molecule has 2 N–H and O–H groups in total. The minimum atomic E-state index is 0.0567. The second-order valence-corrected chi connectivity index (χ2v) is 4.33. The molecular weight excluding hydrogens is 166 g/mol. The molecule has 1 rings (SSSR count).